The summed E-state index contributed by atoms with van der Waals surface area (Å²) in [6, 6.07) is 4.95. The molecule has 1 aromatic rings. The number of nitrogen functional groups attached to an aromatic ring is 1. The van der Waals surface area contributed by atoms with Crippen LogP contribution in [0.1, 0.15) is 27.2 Å². The third-order valence-corrected chi connectivity index (χ3v) is 2.82. The molecule has 6 heteroatoms. The van der Waals surface area contributed by atoms with Gasteiger partial charge in [-0.2, -0.15) is 0 Å². The zero-order valence-corrected chi connectivity index (χ0v) is 13.5. The summed E-state index contributed by atoms with van der Waals surface area (Å²) in [5.74, 6) is -0.154. The monoisotopic (exact) mass is 314 g/mol. The molecule has 0 aliphatic rings. The van der Waals surface area contributed by atoms with Crippen LogP contribution in [0.15, 0.2) is 18.2 Å². The largest absolute Gasteiger partial charge is 0.399 e. The van der Waals surface area contributed by atoms with Crippen LogP contribution in [0.3, 0.4) is 0 Å². The van der Waals surface area contributed by atoms with E-state index in [0.717, 1.165) is 0 Å². The Labute approximate surface area is 130 Å². The lowest BCUT2D eigenvalue weighted by molar-refractivity contribution is -0.117. The normalized spacial score (nSPS) is 11.4. The van der Waals surface area contributed by atoms with Gasteiger partial charge in [0.15, 0.2) is 0 Å². The van der Waals surface area contributed by atoms with Gasteiger partial charge < -0.3 is 20.5 Å². The third kappa shape index (κ3) is 7.90. The van der Waals surface area contributed by atoms with Crippen LogP contribution in [0.5, 0.6) is 0 Å². The lowest BCUT2D eigenvalue weighted by atomic mass is 10.2. The SMILES string of the molecule is CC(C)(C)OCCOCCC(=O)Nc1ccc(N)cc1Cl. The van der Waals surface area contributed by atoms with Gasteiger partial charge in [0.05, 0.1) is 42.6 Å². The van der Waals surface area contributed by atoms with Crippen molar-refractivity contribution in [1.29, 1.82) is 0 Å². The van der Waals surface area contributed by atoms with Crippen molar-refractivity contribution in [3.8, 4) is 0 Å². The van der Waals surface area contributed by atoms with Crippen LogP contribution in [-0.2, 0) is 14.3 Å². The molecule has 5 nitrogen and oxygen atoms in total. The highest BCUT2D eigenvalue weighted by Gasteiger charge is 2.09. The minimum atomic E-state index is -0.174. The summed E-state index contributed by atoms with van der Waals surface area (Å²) in [6.45, 7) is 7.26. The van der Waals surface area contributed by atoms with E-state index in [9.17, 15) is 4.79 Å². The summed E-state index contributed by atoms with van der Waals surface area (Å²) < 4.78 is 10.9. The maximum absolute atomic E-state index is 11.7. The standard InChI is InChI=1S/C15H23ClN2O3/c1-15(2,3)21-9-8-20-7-6-14(19)18-13-5-4-11(17)10-12(13)16/h4-5,10H,6-9,17H2,1-3H3,(H,18,19). The number of ether oxygens (including phenoxy) is 2. The molecule has 0 saturated heterocycles. The Balaban J connectivity index is 2.20. The highest BCUT2D eigenvalue weighted by atomic mass is 35.5. The van der Waals surface area contributed by atoms with Gasteiger partial charge in [-0.15, -0.1) is 0 Å². The summed E-state index contributed by atoms with van der Waals surface area (Å²) >= 11 is 5.98. The number of anilines is 2. The van der Waals surface area contributed by atoms with Crippen molar-refractivity contribution in [2.45, 2.75) is 32.8 Å². The van der Waals surface area contributed by atoms with Crippen molar-refractivity contribution in [2.75, 3.05) is 30.9 Å². The number of nitrogens with one attached hydrogen (secondary N) is 1. The molecule has 0 unspecified atom stereocenters. The van der Waals surface area contributed by atoms with Gasteiger partial charge in [0, 0.05) is 5.69 Å². The number of hydrogen-bond donors (Lipinski definition) is 2. The first-order valence-electron chi connectivity index (χ1n) is 6.84. The molecular weight excluding hydrogens is 292 g/mol. The second kappa shape index (κ2) is 8.22. The van der Waals surface area contributed by atoms with Crippen molar-refractivity contribution in [3.63, 3.8) is 0 Å². The molecule has 1 rings (SSSR count). The lowest BCUT2D eigenvalue weighted by Gasteiger charge is -2.19. The molecule has 3 N–H and O–H groups in total. The Bertz CT molecular complexity index is 472. The first kappa shape index (κ1) is 17.8. The van der Waals surface area contributed by atoms with E-state index in [1.807, 2.05) is 20.8 Å². The number of benzene rings is 1. The fraction of sp³-hybridized carbons (Fsp3) is 0.533. The van der Waals surface area contributed by atoms with E-state index >= 15 is 0 Å². The first-order valence-corrected chi connectivity index (χ1v) is 7.22. The predicted molar refractivity (Wildman–Crippen MR) is 85.6 cm³/mol. The summed E-state index contributed by atoms with van der Waals surface area (Å²) in [7, 11) is 0. The maximum atomic E-state index is 11.7. The fourth-order valence-corrected chi connectivity index (χ4v) is 1.76. The zero-order valence-electron chi connectivity index (χ0n) is 12.7. The molecule has 1 amide bonds. The molecule has 0 aromatic heterocycles. The van der Waals surface area contributed by atoms with Crippen LogP contribution in [0.4, 0.5) is 11.4 Å². The Hall–Kier alpha value is -1.30. The van der Waals surface area contributed by atoms with Crippen molar-refractivity contribution in [1.82, 2.24) is 0 Å². The minimum absolute atomic E-state index is 0.154. The summed E-state index contributed by atoms with van der Waals surface area (Å²) in [5, 5.41) is 3.13. The Morgan fingerprint density at radius 3 is 2.62 bits per heavy atom. The molecule has 0 saturated carbocycles. The molecule has 0 bridgehead atoms. The molecule has 0 fully saturated rings. The number of amides is 1. The van der Waals surface area contributed by atoms with Crippen molar-refractivity contribution < 1.29 is 14.3 Å². The highest BCUT2D eigenvalue weighted by Crippen LogP contribution is 2.24. The topological polar surface area (TPSA) is 73.6 Å². The Morgan fingerprint density at radius 1 is 1.29 bits per heavy atom. The quantitative estimate of drug-likeness (QED) is 0.599. The van der Waals surface area contributed by atoms with Gasteiger partial charge in [0.1, 0.15) is 0 Å². The highest BCUT2D eigenvalue weighted by molar-refractivity contribution is 6.34. The van der Waals surface area contributed by atoms with E-state index in [1.54, 1.807) is 18.2 Å². The summed E-state index contributed by atoms with van der Waals surface area (Å²) in [4.78, 5) is 11.7. The lowest BCUT2D eigenvalue weighted by Crippen LogP contribution is -2.22. The van der Waals surface area contributed by atoms with E-state index in [1.165, 1.54) is 0 Å². The molecule has 21 heavy (non-hydrogen) atoms. The van der Waals surface area contributed by atoms with E-state index in [0.29, 0.717) is 36.2 Å². The Kier molecular flexibility index (Phi) is 6.95. The molecule has 0 aliphatic heterocycles. The van der Waals surface area contributed by atoms with Gasteiger partial charge in [-0.3, -0.25) is 4.79 Å². The van der Waals surface area contributed by atoms with Crippen LogP contribution in [0.2, 0.25) is 5.02 Å². The molecule has 0 heterocycles. The van der Waals surface area contributed by atoms with Crippen molar-refractivity contribution in [2.24, 2.45) is 0 Å². The van der Waals surface area contributed by atoms with E-state index in [-0.39, 0.29) is 17.9 Å². The van der Waals surface area contributed by atoms with Gasteiger partial charge in [0.2, 0.25) is 5.91 Å². The smallest absolute Gasteiger partial charge is 0.226 e. The van der Waals surface area contributed by atoms with Crippen molar-refractivity contribution >= 4 is 28.9 Å². The summed E-state index contributed by atoms with van der Waals surface area (Å²) in [6.07, 6.45) is 0.260. The molecule has 118 valence electrons. The van der Waals surface area contributed by atoms with Gasteiger partial charge in [0.25, 0.3) is 0 Å². The number of nitrogens with two attached hydrogens (primary N) is 1. The number of rotatable bonds is 7. The minimum Gasteiger partial charge on any atom is -0.399 e. The number of carbonyl (C=O) groups excluding carboxylic acids is 1. The first-order chi connectivity index (χ1) is 9.78. The van der Waals surface area contributed by atoms with Gasteiger partial charge in [-0.05, 0) is 39.0 Å². The third-order valence-electron chi connectivity index (χ3n) is 2.50. The number of hydrogen-bond acceptors (Lipinski definition) is 4. The van der Waals surface area contributed by atoms with Crippen LogP contribution in [0.25, 0.3) is 0 Å². The maximum Gasteiger partial charge on any atom is 0.226 e. The van der Waals surface area contributed by atoms with Crippen LogP contribution in [-0.4, -0.2) is 31.3 Å². The van der Waals surface area contributed by atoms with E-state index in [4.69, 9.17) is 26.8 Å². The number of halogens is 1. The fourth-order valence-electron chi connectivity index (χ4n) is 1.52. The van der Waals surface area contributed by atoms with Crippen LogP contribution < -0.4 is 11.1 Å². The zero-order chi connectivity index (χ0) is 15.9. The number of carbonyl (C=O) groups is 1. The molecular formula is C15H23ClN2O3. The predicted octanol–water partition coefficient (Wildman–Crippen LogP) is 3.08. The molecule has 1 aromatic carbocycles. The molecule has 0 spiro atoms. The van der Waals surface area contributed by atoms with Crippen molar-refractivity contribution in [3.05, 3.63) is 23.2 Å². The summed E-state index contributed by atoms with van der Waals surface area (Å²) in [5.41, 5.74) is 6.52. The average Bonchev–Trinajstić information content (AvgIpc) is 2.36. The Morgan fingerprint density at radius 2 is 2.00 bits per heavy atom. The van der Waals surface area contributed by atoms with Gasteiger partial charge >= 0.3 is 0 Å². The van der Waals surface area contributed by atoms with Gasteiger partial charge in [-0.25, -0.2) is 0 Å². The van der Waals surface area contributed by atoms with E-state index in [2.05, 4.69) is 5.32 Å². The average molecular weight is 315 g/mol. The second-order valence-electron chi connectivity index (χ2n) is 5.61. The molecule has 0 atom stereocenters. The van der Waals surface area contributed by atoms with Crippen LogP contribution >= 0.6 is 11.6 Å². The van der Waals surface area contributed by atoms with E-state index < -0.39 is 0 Å². The second-order valence-corrected chi connectivity index (χ2v) is 6.02. The van der Waals surface area contributed by atoms with Gasteiger partial charge in [-0.1, -0.05) is 11.6 Å². The van der Waals surface area contributed by atoms with Crippen LogP contribution in [0, 0.1) is 0 Å². The molecule has 0 aliphatic carbocycles. The molecule has 0 radical (unpaired) electrons.